The second-order valence-corrected chi connectivity index (χ2v) is 5.74. The first-order chi connectivity index (χ1) is 11.0. The molecule has 2 heterocycles. The first kappa shape index (κ1) is 14.9. The number of hydrogen-bond acceptors (Lipinski definition) is 6. The standard InChI is InChI=1S/C15H11N3O4S/c1-9-16-12(8-23-9)10-2-4-11(5-3-10)17-15(19)13-6-7-14(22-13)18(20)21/h2-8H,1H3,(H,17,19). The van der Waals surface area contributed by atoms with E-state index in [1.807, 2.05) is 24.4 Å². The van der Waals surface area contributed by atoms with Gasteiger partial charge < -0.3 is 9.73 Å². The Morgan fingerprint density at radius 1 is 1.26 bits per heavy atom. The highest BCUT2D eigenvalue weighted by Crippen LogP contribution is 2.23. The molecule has 3 rings (SSSR count). The Balaban J connectivity index is 1.72. The third-order valence-corrected chi connectivity index (χ3v) is 3.83. The minimum Gasteiger partial charge on any atom is -0.395 e. The molecule has 23 heavy (non-hydrogen) atoms. The second kappa shape index (κ2) is 6.01. The van der Waals surface area contributed by atoms with Gasteiger partial charge in [0, 0.05) is 16.6 Å². The number of rotatable bonds is 4. The van der Waals surface area contributed by atoms with E-state index >= 15 is 0 Å². The quantitative estimate of drug-likeness (QED) is 0.578. The van der Waals surface area contributed by atoms with Crippen molar-refractivity contribution < 1.29 is 14.1 Å². The molecule has 0 atom stereocenters. The van der Waals surface area contributed by atoms with Crippen LogP contribution < -0.4 is 5.32 Å². The number of nitrogens with one attached hydrogen (secondary N) is 1. The summed E-state index contributed by atoms with van der Waals surface area (Å²) in [6.45, 7) is 1.94. The van der Waals surface area contributed by atoms with Crippen LogP contribution in [0.4, 0.5) is 11.6 Å². The lowest BCUT2D eigenvalue weighted by atomic mass is 10.1. The Bertz CT molecular complexity index is 867. The van der Waals surface area contributed by atoms with Crippen LogP contribution in [-0.4, -0.2) is 15.8 Å². The zero-order valence-electron chi connectivity index (χ0n) is 12.0. The number of carbonyl (C=O) groups is 1. The number of thiazole rings is 1. The number of amides is 1. The predicted octanol–water partition coefficient (Wildman–Crippen LogP) is 3.87. The van der Waals surface area contributed by atoms with Gasteiger partial charge in [0.15, 0.2) is 5.76 Å². The summed E-state index contributed by atoms with van der Waals surface area (Å²) in [4.78, 5) is 26.2. The second-order valence-electron chi connectivity index (χ2n) is 4.68. The maximum absolute atomic E-state index is 12.0. The highest BCUT2D eigenvalue weighted by atomic mass is 32.1. The molecule has 116 valence electrons. The van der Waals surface area contributed by atoms with Gasteiger partial charge in [-0.05, 0) is 25.1 Å². The topological polar surface area (TPSA) is 98.3 Å². The highest BCUT2D eigenvalue weighted by molar-refractivity contribution is 7.09. The van der Waals surface area contributed by atoms with Crippen molar-refractivity contribution in [2.75, 3.05) is 5.32 Å². The number of benzene rings is 1. The van der Waals surface area contributed by atoms with Gasteiger partial charge in [-0.15, -0.1) is 11.3 Å². The van der Waals surface area contributed by atoms with Gasteiger partial charge in [0.05, 0.1) is 16.8 Å². The fraction of sp³-hybridized carbons (Fsp3) is 0.0667. The summed E-state index contributed by atoms with van der Waals surface area (Å²) >= 11 is 1.57. The Hall–Kier alpha value is -3.00. The lowest BCUT2D eigenvalue weighted by Gasteiger charge is -2.04. The molecule has 1 amide bonds. The molecule has 3 aromatic rings. The van der Waals surface area contributed by atoms with Crippen molar-refractivity contribution in [2.24, 2.45) is 0 Å². The number of furan rings is 1. The fourth-order valence-corrected chi connectivity index (χ4v) is 2.58. The number of carbonyl (C=O) groups excluding carboxylic acids is 1. The Morgan fingerprint density at radius 3 is 2.57 bits per heavy atom. The zero-order chi connectivity index (χ0) is 16.4. The van der Waals surface area contributed by atoms with E-state index in [0.717, 1.165) is 22.3 Å². The maximum atomic E-state index is 12.0. The summed E-state index contributed by atoms with van der Waals surface area (Å²) in [5, 5.41) is 16.1. The molecule has 0 aliphatic carbocycles. The molecular formula is C15H11N3O4S. The van der Waals surface area contributed by atoms with Gasteiger partial charge in [-0.1, -0.05) is 12.1 Å². The number of hydrogen-bond donors (Lipinski definition) is 1. The van der Waals surface area contributed by atoms with Crippen LogP contribution >= 0.6 is 11.3 Å². The first-order valence-electron chi connectivity index (χ1n) is 6.61. The lowest BCUT2D eigenvalue weighted by Crippen LogP contribution is -2.10. The number of nitrogens with zero attached hydrogens (tertiary/aromatic N) is 2. The molecule has 0 aliphatic heterocycles. The molecule has 0 spiro atoms. The Labute approximate surface area is 134 Å². The van der Waals surface area contributed by atoms with Gasteiger partial charge in [-0.3, -0.25) is 14.9 Å². The number of nitro groups is 1. The van der Waals surface area contributed by atoms with Crippen LogP contribution in [0.15, 0.2) is 46.2 Å². The van der Waals surface area contributed by atoms with Crippen LogP contribution in [0.2, 0.25) is 0 Å². The summed E-state index contributed by atoms with van der Waals surface area (Å²) in [6, 6.07) is 9.56. The van der Waals surface area contributed by atoms with E-state index in [2.05, 4.69) is 10.3 Å². The van der Waals surface area contributed by atoms with Crippen molar-refractivity contribution in [1.82, 2.24) is 4.98 Å². The third-order valence-electron chi connectivity index (χ3n) is 3.05. The van der Waals surface area contributed by atoms with Gasteiger partial charge in [-0.2, -0.15) is 0 Å². The lowest BCUT2D eigenvalue weighted by molar-refractivity contribution is -0.402. The molecule has 0 aliphatic rings. The van der Waals surface area contributed by atoms with Crippen molar-refractivity contribution >= 4 is 28.8 Å². The minimum atomic E-state index is -0.693. The van der Waals surface area contributed by atoms with Crippen molar-refractivity contribution in [1.29, 1.82) is 0 Å². The van der Waals surface area contributed by atoms with Crippen molar-refractivity contribution in [3.05, 3.63) is 62.7 Å². The molecule has 0 unspecified atom stereocenters. The monoisotopic (exact) mass is 329 g/mol. The normalized spacial score (nSPS) is 10.5. The summed E-state index contributed by atoms with van der Waals surface area (Å²) in [5.41, 5.74) is 2.39. The average molecular weight is 329 g/mol. The summed E-state index contributed by atoms with van der Waals surface area (Å²) in [6.07, 6.45) is 0. The summed E-state index contributed by atoms with van der Waals surface area (Å²) in [5.74, 6) is -1.13. The van der Waals surface area contributed by atoms with Crippen LogP contribution in [0.1, 0.15) is 15.6 Å². The Kier molecular flexibility index (Phi) is 3.90. The van der Waals surface area contributed by atoms with Crippen molar-refractivity contribution in [2.45, 2.75) is 6.92 Å². The van der Waals surface area contributed by atoms with E-state index in [1.54, 1.807) is 23.5 Å². The molecule has 1 aromatic carbocycles. The van der Waals surface area contributed by atoms with Crippen LogP contribution in [0, 0.1) is 17.0 Å². The molecule has 8 heteroatoms. The van der Waals surface area contributed by atoms with Crippen LogP contribution in [-0.2, 0) is 0 Å². The van der Waals surface area contributed by atoms with Gasteiger partial charge in [0.1, 0.15) is 4.92 Å². The van der Waals surface area contributed by atoms with Crippen molar-refractivity contribution in [3.63, 3.8) is 0 Å². The van der Waals surface area contributed by atoms with E-state index in [-0.39, 0.29) is 5.76 Å². The number of aryl methyl sites for hydroxylation is 1. The van der Waals surface area contributed by atoms with Gasteiger partial charge in [0.25, 0.3) is 5.91 Å². The first-order valence-corrected chi connectivity index (χ1v) is 7.49. The number of anilines is 1. The van der Waals surface area contributed by atoms with Gasteiger partial charge in [0.2, 0.25) is 0 Å². The average Bonchev–Trinajstić information content (AvgIpc) is 3.17. The molecule has 2 aromatic heterocycles. The zero-order valence-corrected chi connectivity index (χ0v) is 12.8. The van der Waals surface area contributed by atoms with Crippen LogP contribution in [0.5, 0.6) is 0 Å². The van der Waals surface area contributed by atoms with Gasteiger partial charge in [-0.25, -0.2) is 4.98 Å². The van der Waals surface area contributed by atoms with E-state index in [9.17, 15) is 14.9 Å². The maximum Gasteiger partial charge on any atom is 0.433 e. The predicted molar refractivity (Wildman–Crippen MR) is 85.6 cm³/mol. The van der Waals surface area contributed by atoms with Crippen LogP contribution in [0.3, 0.4) is 0 Å². The van der Waals surface area contributed by atoms with E-state index in [0.29, 0.717) is 5.69 Å². The van der Waals surface area contributed by atoms with Gasteiger partial charge >= 0.3 is 5.88 Å². The highest BCUT2D eigenvalue weighted by Gasteiger charge is 2.17. The smallest absolute Gasteiger partial charge is 0.395 e. The fourth-order valence-electron chi connectivity index (χ4n) is 1.96. The van der Waals surface area contributed by atoms with E-state index in [4.69, 9.17) is 4.42 Å². The van der Waals surface area contributed by atoms with E-state index in [1.165, 1.54) is 6.07 Å². The molecule has 0 fully saturated rings. The SMILES string of the molecule is Cc1nc(-c2ccc(NC(=O)c3ccc([N+](=O)[O-])o3)cc2)cs1. The molecular weight excluding hydrogens is 318 g/mol. The van der Waals surface area contributed by atoms with Crippen LogP contribution in [0.25, 0.3) is 11.3 Å². The summed E-state index contributed by atoms with van der Waals surface area (Å²) in [7, 11) is 0. The summed E-state index contributed by atoms with van der Waals surface area (Å²) < 4.78 is 4.86. The molecule has 0 saturated carbocycles. The molecule has 1 N–H and O–H groups in total. The number of aromatic nitrogens is 1. The third kappa shape index (κ3) is 3.27. The molecule has 0 radical (unpaired) electrons. The van der Waals surface area contributed by atoms with E-state index < -0.39 is 16.7 Å². The minimum absolute atomic E-state index is 0.115. The largest absolute Gasteiger partial charge is 0.433 e. The molecule has 0 bridgehead atoms. The van der Waals surface area contributed by atoms with Crippen molar-refractivity contribution in [3.8, 4) is 11.3 Å². The molecule has 0 saturated heterocycles. The molecule has 7 nitrogen and oxygen atoms in total. The Morgan fingerprint density at radius 2 is 2.00 bits per heavy atom.